The second-order valence-electron chi connectivity index (χ2n) is 8.33. The quantitative estimate of drug-likeness (QED) is 0.344. The van der Waals surface area contributed by atoms with Crippen molar-refractivity contribution in [1.29, 1.82) is 0 Å². The third-order valence-electron chi connectivity index (χ3n) is 5.64. The highest BCUT2D eigenvalue weighted by Gasteiger charge is 2.49. The van der Waals surface area contributed by atoms with Crippen LogP contribution in [-0.2, 0) is 19.2 Å². The Labute approximate surface area is 209 Å². The fourth-order valence-electron chi connectivity index (χ4n) is 3.73. The second-order valence-corrected chi connectivity index (χ2v) is 8.33. The minimum Gasteiger partial charge on any atom is -0.480 e. The third kappa shape index (κ3) is 7.59. The lowest BCUT2D eigenvalue weighted by atomic mass is 10.0. The van der Waals surface area contributed by atoms with E-state index in [1.54, 1.807) is 0 Å². The van der Waals surface area contributed by atoms with E-state index in [4.69, 9.17) is 5.11 Å². The first-order valence-electron chi connectivity index (χ1n) is 11.4. The lowest BCUT2D eigenvalue weighted by molar-refractivity contribution is -0.180. The number of rotatable bonds is 10. The lowest BCUT2D eigenvalue weighted by Crippen LogP contribution is -2.60. The van der Waals surface area contributed by atoms with Gasteiger partial charge < -0.3 is 21.1 Å². The summed E-state index contributed by atoms with van der Waals surface area (Å²) in [7, 11) is 0. The molecule has 1 aliphatic rings. The van der Waals surface area contributed by atoms with Gasteiger partial charge in [0.2, 0.25) is 5.91 Å². The van der Waals surface area contributed by atoms with E-state index >= 15 is 0 Å². The van der Waals surface area contributed by atoms with Crippen LogP contribution in [0.25, 0.3) is 0 Å². The number of benzene rings is 1. The molecular formula is C23H27F3N4O7. The van der Waals surface area contributed by atoms with Gasteiger partial charge in [-0.1, -0.05) is 6.92 Å². The SMILES string of the molecule is CCC(C(=O)C(F)(F)F)N(C(=O)[C@H](C)NC(=O)c1ccc(C(=O)NCC(=O)O)cc1)C(=O)[C@@H]1CCCN1. The van der Waals surface area contributed by atoms with Crippen LogP contribution in [0.15, 0.2) is 24.3 Å². The summed E-state index contributed by atoms with van der Waals surface area (Å²) in [5.41, 5.74) is 0.0300. The van der Waals surface area contributed by atoms with Crippen molar-refractivity contribution < 1.29 is 47.0 Å². The topological polar surface area (TPSA) is 162 Å². The van der Waals surface area contributed by atoms with Gasteiger partial charge in [0.15, 0.2) is 0 Å². The van der Waals surface area contributed by atoms with Crippen LogP contribution < -0.4 is 16.0 Å². The Bertz CT molecular complexity index is 1050. The van der Waals surface area contributed by atoms with Gasteiger partial charge in [0.25, 0.3) is 23.5 Å². The minimum atomic E-state index is -5.28. The molecule has 11 nitrogen and oxygen atoms in total. The summed E-state index contributed by atoms with van der Waals surface area (Å²) in [4.78, 5) is 73.6. The maximum absolute atomic E-state index is 13.2. The fourth-order valence-corrected chi connectivity index (χ4v) is 3.73. The molecule has 37 heavy (non-hydrogen) atoms. The number of nitrogens with one attached hydrogen (secondary N) is 3. The molecule has 1 unspecified atom stereocenters. The average molecular weight is 528 g/mol. The molecule has 14 heteroatoms. The van der Waals surface area contributed by atoms with Crippen LogP contribution in [0.1, 0.15) is 53.8 Å². The third-order valence-corrected chi connectivity index (χ3v) is 5.64. The van der Waals surface area contributed by atoms with Crippen molar-refractivity contribution in [2.24, 2.45) is 0 Å². The van der Waals surface area contributed by atoms with E-state index in [0.29, 0.717) is 17.9 Å². The average Bonchev–Trinajstić information content (AvgIpc) is 3.39. The fraction of sp³-hybridized carbons (Fsp3) is 0.478. The van der Waals surface area contributed by atoms with Crippen LogP contribution in [0.2, 0.25) is 0 Å². The molecule has 4 N–H and O–H groups in total. The lowest BCUT2D eigenvalue weighted by Gasteiger charge is -2.33. The van der Waals surface area contributed by atoms with Gasteiger partial charge in [-0.2, -0.15) is 13.2 Å². The number of amides is 4. The standard InChI is InChI=1S/C23H27F3N4O7/c1-3-16(18(33)23(24,25)26)30(22(37)15-5-4-10-27-15)21(36)12(2)29-20(35)14-8-6-13(7-9-14)19(34)28-11-17(31)32/h6-9,12,15-16,27H,3-5,10-11H2,1-2H3,(H,28,34)(H,29,35)(H,31,32)/t12-,15-,16?/m0/s1. The van der Waals surface area contributed by atoms with Crippen LogP contribution in [0.3, 0.4) is 0 Å². The van der Waals surface area contributed by atoms with Gasteiger partial charge in [0.1, 0.15) is 18.6 Å². The van der Waals surface area contributed by atoms with Crippen molar-refractivity contribution >= 4 is 35.4 Å². The highest BCUT2D eigenvalue weighted by atomic mass is 19.4. The predicted octanol–water partition coefficient (Wildman–Crippen LogP) is 0.637. The Kier molecular flexibility index (Phi) is 9.88. The number of carbonyl (C=O) groups is 6. The van der Waals surface area contributed by atoms with E-state index in [2.05, 4.69) is 16.0 Å². The minimum absolute atomic E-state index is 0.0248. The van der Waals surface area contributed by atoms with E-state index < -0.39 is 72.6 Å². The number of halogens is 3. The van der Waals surface area contributed by atoms with E-state index in [0.717, 1.165) is 0 Å². The first kappa shape index (κ1) is 29.4. The van der Waals surface area contributed by atoms with Crippen LogP contribution >= 0.6 is 0 Å². The molecule has 1 saturated heterocycles. The van der Waals surface area contributed by atoms with Crippen molar-refractivity contribution in [1.82, 2.24) is 20.9 Å². The molecule has 1 aromatic rings. The summed E-state index contributed by atoms with van der Waals surface area (Å²) in [6.45, 7) is 2.21. The normalized spacial score (nSPS) is 16.8. The summed E-state index contributed by atoms with van der Waals surface area (Å²) in [5.74, 6) is -7.19. The molecule has 0 radical (unpaired) electrons. The largest absolute Gasteiger partial charge is 0.480 e. The van der Waals surface area contributed by atoms with Crippen molar-refractivity contribution in [2.45, 2.75) is 57.4 Å². The highest BCUT2D eigenvalue weighted by molar-refractivity contribution is 6.07. The van der Waals surface area contributed by atoms with Crippen molar-refractivity contribution in [3.8, 4) is 0 Å². The summed E-state index contributed by atoms with van der Waals surface area (Å²) in [5, 5.41) is 15.8. The van der Waals surface area contributed by atoms with Crippen LogP contribution in [-0.4, -0.2) is 82.8 Å². The maximum Gasteiger partial charge on any atom is 0.452 e. The number of nitrogens with zero attached hydrogens (tertiary/aromatic N) is 1. The summed E-state index contributed by atoms with van der Waals surface area (Å²) < 4.78 is 39.7. The summed E-state index contributed by atoms with van der Waals surface area (Å²) in [6.07, 6.45) is -4.94. The molecule has 0 aliphatic carbocycles. The molecule has 2 rings (SSSR count). The van der Waals surface area contributed by atoms with Gasteiger partial charge in [-0.15, -0.1) is 0 Å². The molecule has 1 fully saturated rings. The van der Waals surface area contributed by atoms with Crippen LogP contribution in [0.5, 0.6) is 0 Å². The van der Waals surface area contributed by atoms with Crippen LogP contribution in [0, 0.1) is 0 Å². The maximum atomic E-state index is 13.2. The number of hydrogen-bond acceptors (Lipinski definition) is 7. The van der Waals surface area contributed by atoms with Gasteiger partial charge in [-0.3, -0.25) is 33.7 Å². The van der Waals surface area contributed by atoms with Crippen LogP contribution in [0.4, 0.5) is 13.2 Å². The number of carboxylic acids is 1. The molecule has 1 aromatic carbocycles. The van der Waals surface area contributed by atoms with Gasteiger partial charge in [-0.25, -0.2) is 0 Å². The highest BCUT2D eigenvalue weighted by Crippen LogP contribution is 2.24. The first-order chi connectivity index (χ1) is 17.3. The zero-order chi connectivity index (χ0) is 27.9. The van der Waals surface area contributed by atoms with E-state index in [9.17, 15) is 41.9 Å². The molecule has 1 heterocycles. The number of carboxylic acid groups (broad SMARTS) is 1. The van der Waals surface area contributed by atoms with Gasteiger partial charge >= 0.3 is 12.1 Å². The molecule has 4 amide bonds. The smallest absolute Gasteiger partial charge is 0.452 e. The zero-order valence-electron chi connectivity index (χ0n) is 20.1. The van der Waals surface area contributed by atoms with Crippen molar-refractivity contribution in [2.75, 3.05) is 13.1 Å². The molecular weight excluding hydrogens is 501 g/mol. The van der Waals surface area contributed by atoms with E-state index in [-0.39, 0.29) is 17.5 Å². The Morgan fingerprint density at radius 2 is 1.65 bits per heavy atom. The molecule has 202 valence electrons. The Hall–Kier alpha value is -3.81. The van der Waals surface area contributed by atoms with E-state index in [1.165, 1.54) is 38.1 Å². The second kappa shape index (κ2) is 12.4. The Balaban J connectivity index is 2.21. The number of alkyl halides is 3. The monoisotopic (exact) mass is 528 g/mol. The molecule has 0 bridgehead atoms. The molecule has 0 saturated carbocycles. The van der Waals surface area contributed by atoms with Gasteiger partial charge in [0.05, 0.1) is 6.04 Å². The number of aliphatic carboxylic acids is 1. The van der Waals surface area contributed by atoms with Gasteiger partial charge in [0, 0.05) is 11.1 Å². The zero-order valence-corrected chi connectivity index (χ0v) is 20.1. The summed E-state index contributed by atoms with van der Waals surface area (Å²) >= 11 is 0. The Morgan fingerprint density at radius 1 is 1.08 bits per heavy atom. The first-order valence-corrected chi connectivity index (χ1v) is 11.4. The summed E-state index contributed by atoms with van der Waals surface area (Å²) in [6, 6.07) is 0.383. The van der Waals surface area contributed by atoms with Gasteiger partial charge in [-0.05, 0) is 57.0 Å². The molecule has 3 atom stereocenters. The molecule has 0 spiro atoms. The number of Topliss-reactive ketones (excluding diaryl/α,β-unsaturated/α-hetero) is 1. The number of imide groups is 1. The van der Waals surface area contributed by atoms with Crippen molar-refractivity contribution in [3.63, 3.8) is 0 Å². The number of ketones is 1. The van der Waals surface area contributed by atoms with E-state index in [1.807, 2.05) is 0 Å². The number of carbonyl (C=O) groups excluding carboxylic acids is 5. The number of hydrogen-bond donors (Lipinski definition) is 4. The Morgan fingerprint density at radius 3 is 2.11 bits per heavy atom. The molecule has 1 aliphatic heterocycles. The predicted molar refractivity (Wildman–Crippen MR) is 121 cm³/mol. The van der Waals surface area contributed by atoms with Crippen molar-refractivity contribution in [3.05, 3.63) is 35.4 Å². The molecule has 0 aromatic heterocycles.